The van der Waals surface area contributed by atoms with E-state index in [1.54, 1.807) is 18.2 Å². The first-order valence-electron chi connectivity index (χ1n) is 11.9. The van der Waals surface area contributed by atoms with E-state index in [1.807, 2.05) is 43.3 Å². The van der Waals surface area contributed by atoms with Gasteiger partial charge in [-0.2, -0.15) is 0 Å². The molecule has 0 radical (unpaired) electrons. The number of benzene rings is 2. The Morgan fingerprint density at radius 2 is 2.00 bits per heavy atom. The molecule has 190 valence electrons. The first-order chi connectivity index (χ1) is 17.2. The molecule has 0 saturated carbocycles. The molecule has 1 aliphatic rings. The van der Waals surface area contributed by atoms with Gasteiger partial charge in [-0.05, 0) is 67.7 Å². The third-order valence-corrected chi connectivity index (χ3v) is 6.56. The van der Waals surface area contributed by atoms with Gasteiger partial charge in [0.05, 0.1) is 25.3 Å². The Morgan fingerprint density at radius 3 is 2.69 bits per heavy atom. The van der Waals surface area contributed by atoms with Crippen LogP contribution in [0.4, 0.5) is 4.39 Å². The number of carbonyl (C=O) groups is 1. The normalized spacial score (nSPS) is 16.7. The summed E-state index contributed by atoms with van der Waals surface area (Å²) >= 11 is 0. The van der Waals surface area contributed by atoms with Gasteiger partial charge < -0.3 is 24.6 Å². The molecule has 1 aromatic heterocycles. The van der Waals surface area contributed by atoms with E-state index in [1.165, 1.54) is 20.2 Å². The zero-order valence-electron chi connectivity index (χ0n) is 20.9. The molecule has 2 heterocycles. The van der Waals surface area contributed by atoms with Gasteiger partial charge in [-0.1, -0.05) is 30.3 Å². The van der Waals surface area contributed by atoms with E-state index in [-0.39, 0.29) is 6.10 Å². The SMILES string of the molecule is COc1cc(-c2ccc(C3CCc4ccc([C@H](O)[C@H](C)C(=O)O)cc4O3)cc2CN(C)C)c(F)cn1. The van der Waals surface area contributed by atoms with Crippen LogP contribution in [0.1, 0.15) is 47.8 Å². The number of halogens is 1. The second-order valence-corrected chi connectivity index (χ2v) is 9.44. The number of fused-ring (bicyclic) bond motifs is 1. The second kappa shape index (κ2) is 10.6. The van der Waals surface area contributed by atoms with Crippen molar-refractivity contribution in [1.82, 2.24) is 9.88 Å². The number of pyridine rings is 1. The summed E-state index contributed by atoms with van der Waals surface area (Å²) in [5, 5.41) is 19.7. The van der Waals surface area contributed by atoms with Gasteiger partial charge in [0, 0.05) is 18.2 Å². The van der Waals surface area contributed by atoms with E-state index < -0.39 is 23.8 Å². The highest BCUT2D eigenvalue weighted by atomic mass is 19.1. The lowest BCUT2D eigenvalue weighted by molar-refractivity contribution is -0.145. The third kappa shape index (κ3) is 5.34. The minimum absolute atomic E-state index is 0.228. The number of hydrogen-bond acceptors (Lipinski definition) is 6. The van der Waals surface area contributed by atoms with Crippen molar-refractivity contribution in [3.63, 3.8) is 0 Å². The maximum Gasteiger partial charge on any atom is 0.309 e. The lowest BCUT2D eigenvalue weighted by Gasteiger charge is -2.28. The Hall–Kier alpha value is -3.49. The fraction of sp³-hybridized carbons (Fsp3) is 0.357. The van der Waals surface area contributed by atoms with Crippen molar-refractivity contribution >= 4 is 5.97 Å². The fourth-order valence-electron chi connectivity index (χ4n) is 4.51. The first-order valence-corrected chi connectivity index (χ1v) is 11.9. The van der Waals surface area contributed by atoms with E-state index in [2.05, 4.69) is 4.98 Å². The topological polar surface area (TPSA) is 92.1 Å². The maximum atomic E-state index is 14.7. The summed E-state index contributed by atoms with van der Waals surface area (Å²) in [7, 11) is 5.41. The van der Waals surface area contributed by atoms with Crippen molar-refractivity contribution in [3.8, 4) is 22.8 Å². The van der Waals surface area contributed by atoms with Crippen LogP contribution < -0.4 is 9.47 Å². The van der Waals surface area contributed by atoms with Gasteiger partial charge in [-0.15, -0.1) is 0 Å². The summed E-state index contributed by atoms with van der Waals surface area (Å²) in [6, 6.07) is 12.9. The lowest BCUT2D eigenvalue weighted by atomic mass is 9.91. The number of aryl methyl sites for hydroxylation is 1. The molecule has 0 saturated heterocycles. The van der Waals surface area contributed by atoms with Gasteiger partial charge >= 0.3 is 5.97 Å². The van der Waals surface area contributed by atoms with Crippen LogP contribution >= 0.6 is 0 Å². The van der Waals surface area contributed by atoms with Gasteiger partial charge in [0.25, 0.3) is 0 Å². The predicted molar refractivity (Wildman–Crippen MR) is 133 cm³/mol. The number of rotatable bonds is 8. The number of aliphatic hydroxyl groups is 1. The molecule has 3 aromatic rings. The van der Waals surface area contributed by atoms with Crippen molar-refractivity contribution in [2.75, 3.05) is 21.2 Å². The van der Waals surface area contributed by atoms with Gasteiger partial charge in [0.2, 0.25) is 5.88 Å². The number of methoxy groups -OCH3 is 1. The van der Waals surface area contributed by atoms with Crippen LogP contribution in [-0.4, -0.2) is 47.3 Å². The highest BCUT2D eigenvalue weighted by molar-refractivity contribution is 5.71. The van der Waals surface area contributed by atoms with Crippen LogP contribution in [0.2, 0.25) is 0 Å². The number of carboxylic acid groups (broad SMARTS) is 1. The first kappa shape index (κ1) is 25.6. The number of aliphatic hydroxyl groups excluding tert-OH is 1. The second-order valence-electron chi connectivity index (χ2n) is 9.44. The Kier molecular flexibility index (Phi) is 7.56. The third-order valence-electron chi connectivity index (χ3n) is 6.56. The van der Waals surface area contributed by atoms with Gasteiger partial charge in [0.15, 0.2) is 0 Å². The van der Waals surface area contributed by atoms with Crippen molar-refractivity contribution in [3.05, 3.63) is 76.7 Å². The van der Waals surface area contributed by atoms with E-state index in [0.29, 0.717) is 29.3 Å². The van der Waals surface area contributed by atoms with Crippen molar-refractivity contribution in [1.29, 1.82) is 0 Å². The maximum absolute atomic E-state index is 14.7. The fourth-order valence-corrected chi connectivity index (χ4v) is 4.51. The molecule has 0 aliphatic carbocycles. The monoisotopic (exact) mass is 494 g/mol. The van der Waals surface area contributed by atoms with Crippen LogP contribution in [0, 0.1) is 11.7 Å². The van der Waals surface area contributed by atoms with E-state index in [9.17, 15) is 19.4 Å². The largest absolute Gasteiger partial charge is 0.485 e. The van der Waals surface area contributed by atoms with Gasteiger partial charge in [0.1, 0.15) is 17.7 Å². The summed E-state index contributed by atoms with van der Waals surface area (Å²) in [5.74, 6) is -1.43. The molecule has 0 spiro atoms. The molecule has 1 aliphatic heterocycles. The Morgan fingerprint density at radius 1 is 1.22 bits per heavy atom. The van der Waals surface area contributed by atoms with Crippen molar-refractivity contribution in [2.45, 2.75) is 38.5 Å². The molecule has 36 heavy (non-hydrogen) atoms. The molecule has 2 aromatic carbocycles. The van der Waals surface area contributed by atoms with Crippen LogP contribution in [0.25, 0.3) is 11.1 Å². The van der Waals surface area contributed by atoms with E-state index >= 15 is 0 Å². The van der Waals surface area contributed by atoms with Crippen LogP contribution in [0.15, 0.2) is 48.7 Å². The molecule has 4 rings (SSSR count). The highest BCUT2D eigenvalue weighted by Crippen LogP contribution is 2.39. The molecular formula is C28H31FN2O5. The van der Waals surface area contributed by atoms with E-state index in [4.69, 9.17) is 9.47 Å². The number of aliphatic carboxylic acids is 1. The standard InChI is InChI=1S/C28H31FN2O5/c1-16(28(33)34)27(32)19-6-5-17-8-10-24(36-25(17)12-19)18-7-9-21(20(11-18)15-31(2)3)22-13-26(35-4)30-14-23(22)29/h5-7,9,11-14,16,24,27,32H,8,10,15H2,1-4H3,(H,33,34)/t16-,24?,27+/m0/s1. The smallest absolute Gasteiger partial charge is 0.309 e. The average Bonchev–Trinajstić information content (AvgIpc) is 2.87. The Balaban J connectivity index is 1.66. The molecular weight excluding hydrogens is 463 g/mol. The number of nitrogens with zero attached hydrogens (tertiary/aromatic N) is 2. The van der Waals surface area contributed by atoms with Crippen LogP contribution in [-0.2, 0) is 17.8 Å². The summed E-state index contributed by atoms with van der Waals surface area (Å²) < 4.78 is 26.3. The number of aromatic nitrogens is 1. The zero-order valence-corrected chi connectivity index (χ0v) is 20.9. The number of hydrogen-bond donors (Lipinski definition) is 2. The summed E-state index contributed by atoms with van der Waals surface area (Å²) in [6.45, 7) is 2.07. The molecule has 0 bridgehead atoms. The predicted octanol–water partition coefficient (Wildman–Crippen LogP) is 4.78. The minimum atomic E-state index is -1.13. The van der Waals surface area contributed by atoms with Crippen LogP contribution in [0.5, 0.6) is 11.6 Å². The molecule has 1 unspecified atom stereocenters. The molecule has 0 fully saturated rings. The Labute approximate surface area is 210 Å². The molecule has 2 N–H and O–H groups in total. The average molecular weight is 495 g/mol. The van der Waals surface area contributed by atoms with Crippen molar-refractivity contribution in [2.24, 2.45) is 5.92 Å². The van der Waals surface area contributed by atoms with Gasteiger partial charge in [-0.25, -0.2) is 9.37 Å². The number of ether oxygens (including phenoxy) is 2. The molecule has 0 amide bonds. The summed E-state index contributed by atoms with van der Waals surface area (Å²) in [6.07, 6.45) is 1.35. The van der Waals surface area contributed by atoms with Gasteiger partial charge in [-0.3, -0.25) is 4.79 Å². The van der Waals surface area contributed by atoms with Crippen molar-refractivity contribution < 1.29 is 28.9 Å². The molecule has 8 heteroatoms. The highest BCUT2D eigenvalue weighted by Gasteiger charge is 2.27. The lowest BCUT2D eigenvalue weighted by Crippen LogP contribution is -2.20. The summed E-state index contributed by atoms with van der Waals surface area (Å²) in [4.78, 5) is 17.3. The Bertz CT molecular complexity index is 1260. The minimum Gasteiger partial charge on any atom is -0.485 e. The quantitative estimate of drug-likeness (QED) is 0.466. The molecule has 7 nitrogen and oxygen atoms in total. The summed E-state index contributed by atoms with van der Waals surface area (Å²) in [5.41, 5.74) is 4.61. The number of carboxylic acids is 1. The van der Waals surface area contributed by atoms with Crippen LogP contribution in [0.3, 0.4) is 0 Å². The zero-order chi connectivity index (χ0) is 26.0. The van der Waals surface area contributed by atoms with E-state index in [0.717, 1.165) is 35.1 Å². The molecule has 3 atom stereocenters.